The highest BCUT2D eigenvalue weighted by Crippen LogP contribution is 2.00. The number of hydrogen-bond donors (Lipinski definition) is 0. The Balaban J connectivity index is 2.13. The molecule has 0 aliphatic rings. The zero-order valence-corrected chi connectivity index (χ0v) is 10.7. The summed E-state index contributed by atoms with van der Waals surface area (Å²) >= 11 is 0. The van der Waals surface area contributed by atoms with Crippen LogP contribution in [0, 0.1) is 0 Å². The van der Waals surface area contributed by atoms with Crippen molar-refractivity contribution in [2.45, 2.75) is 32.6 Å². The van der Waals surface area contributed by atoms with E-state index in [9.17, 15) is 0 Å². The van der Waals surface area contributed by atoms with E-state index in [0.717, 1.165) is 25.7 Å². The molecule has 0 aliphatic heterocycles. The topological polar surface area (TPSA) is 0 Å². The van der Waals surface area contributed by atoms with Crippen molar-refractivity contribution in [3.63, 3.8) is 0 Å². The van der Waals surface area contributed by atoms with Gasteiger partial charge in [0.2, 0.25) is 0 Å². The summed E-state index contributed by atoms with van der Waals surface area (Å²) in [6, 6.07) is 10.5. The van der Waals surface area contributed by atoms with Crippen molar-refractivity contribution in [2.24, 2.45) is 0 Å². The van der Waals surface area contributed by atoms with Crippen LogP contribution in [0.1, 0.15) is 31.7 Å². The summed E-state index contributed by atoms with van der Waals surface area (Å²) in [6.45, 7) is 2.17. The molecule has 0 aromatic heterocycles. The maximum atomic E-state index is 2.25. The Bertz CT molecular complexity index is 355. The van der Waals surface area contributed by atoms with Crippen LogP contribution in [0.2, 0.25) is 0 Å². The lowest BCUT2D eigenvalue weighted by atomic mass is 10.1. The van der Waals surface area contributed by atoms with E-state index in [2.05, 4.69) is 73.7 Å². The lowest BCUT2D eigenvalue weighted by Gasteiger charge is -1.92. The zero-order valence-electron chi connectivity index (χ0n) is 10.7. The quantitative estimate of drug-likeness (QED) is 0.345. The Labute approximate surface area is 105 Å². The molecule has 0 fully saturated rings. The molecule has 1 aromatic rings. The molecule has 0 N–H and O–H groups in total. The fourth-order valence-corrected chi connectivity index (χ4v) is 1.55. The number of rotatable bonds is 7. The third kappa shape index (κ3) is 7.35. The third-order valence-electron chi connectivity index (χ3n) is 2.48. The van der Waals surface area contributed by atoms with E-state index in [1.807, 2.05) is 0 Å². The lowest BCUT2D eigenvalue weighted by Crippen LogP contribution is -1.77. The van der Waals surface area contributed by atoms with Gasteiger partial charge in [-0.15, -0.1) is 0 Å². The highest BCUT2D eigenvalue weighted by molar-refractivity contribution is 5.18. The maximum Gasteiger partial charge on any atom is -0.00943 e. The predicted molar refractivity (Wildman–Crippen MR) is 77.1 cm³/mol. The summed E-state index contributed by atoms with van der Waals surface area (Å²) in [5.41, 5.74) is 1.36. The summed E-state index contributed by atoms with van der Waals surface area (Å²) in [5.74, 6) is 0. The first-order valence-electron chi connectivity index (χ1n) is 6.44. The van der Waals surface area contributed by atoms with Gasteiger partial charge in [0, 0.05) is 0 Å². The van der Waals surface area contributed by atoms with Crippen molar-refractivity contribution >= 4 is 0 Å². The van der Waals surface area contributed by atoms with Gasteiger partial charge in [-0.1, -0.05) is 73.7 Å². The first-order chi connectivity index (χ1) is 8.43. The molecule has 0 radical (unpaired) electrons. The van der Waals surface area contributed by atoms with Crippen LogP contribution < -0.4 is 0 Å². The Morgan fingerprint density at radius 2 is 1.53 bits per heavy atom. The van der Waals surface area contributed by atoms with Crippen LogP contribution >= 0.6 is 0 Å². The minimum Gasteiger partial charge on any atom is -0.0888 e. The molecule has 0 aliphatic carbocycles. The van der Waals surface area contributed by atoms with Gasteiger partial charge < -0.3 is 0 Å². The molecule has 0 saturated carbocycles. The van der Waals surface area contributed by atoms with Crippen LogP contribution in [0.4, 0.5) is 0 Å². The second-order valence-electron chi connectivity index (χ2n) is 4.00. The van der Waals surface area contributed by atoms with Crippen molar-refractivity contribution < 1.29 is 0 Å². The number of allylic oxidation sites excluding steroid dienone is 6. The first-order valence-corrected chi connectivity index (χ1v) is 6.44. The van der Waals surface area contributed by atoms with E-state index in [1.54, 1.807) is 0 Å². The number of benzene rings is 1. The molecule has 0 saturated heterocycles. The minimum atomic E-state index is 1.01. The molecule has 0 heteroatoms. The van der Waals surface area contributed by atoms with E-state index < -0.39 is 0 Å². The van der Waals surface area contributed by atoms with Gasteiger partial charge in [0.05, 0.1) is 0 Å². The second kappa shape index (κ2) is 9.65. The normalized spacial score (nSPS) is 12.1. The first kappa shape index (κ1) is 13.5. The van der Waals surface area contributed by atoms with Gasteiger partial charge in [0.1, 0.15) is 0 Å². The summed E-state index contributed by atoms with van der Waals surface area (Å²) in [7, 11) is 0. The third-order valence-corrected chi connectivity index (χ3v) is 2.48. The fourth-order valence-electron chi connectivity index (χ4n) is 1.55. The van der Waals surface area contributed by atoms with Crippen LogP contribution in [-0.4, -0.2) is 0 Å². The molecule has 1 rings (SSSR count). The Kier molecular flexibility index (Phi) is 7.67. The van der Waals surface area contributed by atoms with Gasteiger partial charge in [0.15, 0.2) is 0 Å². The molecule has 0 heterocycles. The average Bonchev–Trinajstić information content (AvgIpc) is 2.38. The van der Waals surface area contributed by atoms with Crippen molar-refractivity contribution in [1.29, 1.82) is 0 Å². The zero-order chi connectivity index (χ0) is 12.2. The van der Waals surface area contributed by atoms with Crippen molar-refractivity contribution in [1.82, 2.24) is 0 Å². The Morgan fingerprint density at radius 3 is 2.29 bits per heavy atom. The van der Waals surface area contributed by atoms with Crippen LogP contribution in [-0.2, 0) is 6.42 Å². The largest absolute Gasteiger partial charge is 0.0888 e. The second-order valence-corrected chi connectivity index (χ2v) is 4.00. The van der Waals surface area contributed by atoms with Gasteiger partial charge >= 0.3 is 0 Å². The van der Waals surface area contributed by atoms with Gasteiger partial charge in [-0.25, -0.2) is 0 Å². The average molecular weight is 226 g/mol. The van der Waals surface area contributed by atoms with E-state index in [0.29, 0.717) is 0 Å². The molecule has 0 nitrogen and oxygen atoms in total. The summed E-state index contributed by atoms with van der Waals surface area (Å²) in [6.07, 6.45) is 17.6. The molecular weight excluding hydrogens is 204 g/mol. The van der Waals surface area contributed by atoms with Crippen LogP contribution in [0.15, 0.2) is 66.8 Å². The number of unbranched alkanes of at least 4 members (excludes halogenated alkanes) is 1. The fraction of sp³-hybridized carbons (Fsp3) is 0.294. The van der Waals surface area contributed by atoms with E-state index in [1.165, 1.54) is 5.56 Å². The molecule has 0 bridgehead atoms. The van der Waals surface area contributed by atoms with Crippen LogP contribution in [0.3, 0.4) is 0 Å². The van der Waals surface area contributed by atoms with Crippen molar-refractivity contribution in [3.8, 4) is 0 Å². The molecule has 0 atom stereocenters. The molecule has 1 aromatic carbocycles. The van der Waals surface area contributed by atoms with Crippen molar-refractivity contribution in [3.05, 3.63) is 72.4 Å². The Morgan fingerprint density at radius 1 is 0.824 bits per heavy atom. The van der Waals surface area contributed by atoms with E-state index in [4.69, 9.17) is 0 Å². The number of hydrogen-bond acceptors (Lipinski definition) is 0. The molecular formula is C17H22. The molecule has 0 spiro atoms. The molecule has 90 valence electrons. The predicted octanol–water partition coefficient (Wildman–Crippen LogP) is 5.09. The molecule has 0 amide bonds. The van der Waals surface area contributed by atoms with Gasteiger partial charge in [-0.05, 0) is 31.2 Å². The van der Waals surface area contributed by atoms with E-state index >= 15 is 0 Å². The van der Waals surface area contributed by atoms with Crippen molar-refractivity contribution in [2.75, 3.05) is 0 Å². The molecule has 17 heavy (non-hydrogen) atoms. The SMILES string of the molecule is CCC=CCCC=CC=CCc1ccccc1. The minimum absolute atomic E-state index is 1.01. The summed E-state index contributed by atoms with van der Waals surface area (Å²) in [5, 5.41) is 0. The standard InChI is InChI=1S/C17H22/c1-2-3-4-5-6-7-8-9-11-14-17-15-12-10-13-16-17/h3-4,7-13,15-16H,2,5-6,14H2,1H3. The lowest BCUT2D eigenvalue weighted by molar-refractivity contribution is 1.04. The maximum absolute atomic E-state index is 2.25. The summed E-state index contributed by atoms with van der Waals surface area (Å²) < 4.78 is 0. The van der Waals surface area contributed by atoms with Gasteiger partial charge in [-0.2, -0.15) is 0 Å². The molecule has 0 unspecified atom stereocenters. The van der Waals surface area contributed by atoms with Gasteiger partial charge in [-0.3, -0.25) is 0 Å². The van der Waals surface area contributed by atoms with Crippen LogP contribution in [0.25, 0.3) is 0 Å². The highest BCUT2D eigenvalue weighted by atomic mass is 13.9. The Hall–Kier alpha value is -1.56. The van der Waals surface area contributed by atoms with Gasteiger partial charge in [0.25, 0.3) is 0 Å². The monoisotopic (exact) mass is 226 g/mol. The van der Waals surface area contributed by atoms with Crippen LogP contribution in [0.5, 0.6) is 0 Å². The smallest absolute Gasteiger partial charge is 0.00943 e. The van der Waals surface area contributed by atoms with E-state index in [-0.39, 0.29) is 0 Å². The highest BCUT2D eigenvalue weighted by Gasteiger charge is 1.84. The summed E-state index contributed by atoms with van der Waals surface area (Å²) in [4.78, 5) is 0.